The van der Waals surface area contributed by atoms with Gasteiger partial charge in [-0.1, -0.05) is 64.5 Å². The molecule has 1 aliphatic heterocycles. The number of methoxy groups -OCH3 is 1. The lowest BCUT2D eigenvalue weighted by Gasteiger charge is -2.20. The number of esters is 1. The number of nitrogens with zero attached hydrogens (tertiary/aromatic N) is 1. The van der Waals surface area contributed by atoms with Gasteiger partial charge in [-0.2, -0.15) is 0 Å². The van der Waals surface area contributed by atoms with Crippen LogP contribution in [0.15, 0.2) is 59.1 Å². The molecule has 0 saturated carbocycles. The van der Waals surface area contributed by atoms with Crippen LogP contribution in [0, 0.1) is 10.1 Å². The van der Waals surface area contributed by atoms with Crippen LogP contribution in [-0.2, 0) is 9.53 Å². The molecule has 7 heteroatoms. The summed E-state index contributed by atoms with van der Waals surface area (Å²) in [5, 5.41) is 15.1. The molecule has 4 atom stereocenters. The average molecular weight is 405 g/mol. The molecule has 0 unspecified atom stereocenters. The second kappa shape index (κ2) is 7.33. The lowest BCUT2D eigenvalue weighted by Crippen LogP contribution is -2.37. The Balaban J connectivity index is 2.12. The van der Waals surface area contributed by atoms with Crippen molar-refractivity contribution in [3.63, 3.8) is 0 Å². The van der Waals surface area contributed by atoms with Crippen LogP contribution in [0.3, 0.4) is 0 Å². The fourth-order valence-electron chi connectivity index (χ4n) is 3.46. The molecule has 3 rings (SSSR count). The number of halogens is 1. The zero-order valence-corrected chi connectivity index (χ0v) is 15.0. The van der Waals surface area contributed by atoms with E-state index >= 15 is 0 Å². The van der Waals surface area contributed by atoms with E-state index < -0.39 is 30.0 Å². The minimum absolute atomic E-state index is 0.308. The highest BCUT2D eigenvalue weighted by Crippen LogP contribution is 2.42. The zero-order valence-electron chi connectivity index (χ0n) is 13.5. The van der Waals surface area contributed by atoms with Gasteiger partial charge in [0.15, 0.2) is 0 Å². The van der Waals surface area contributed by atoms with Gasteiger partial charge < -0.3 is 4.74 Å². The van der Waals surface area contributed by atoms with Crippen molar-refractivity contribution in [2.24, 2.45) is 0 Å². The number of ether oxygens (including phenoxy) is 1. The third-order valence-corrected chi connectivity index (χ3v) is 5.27. The highest BCUT2D eigenvalue weighted by molar-refractivity contribution is 9.10. The van der Waals surface area contributed by atoms with Crippen LogP contribution in [-0.4, -0.2) is 30.1 Å². The third kappa shape index (κ3) is 3.29. The molecule has 0 aromatic heterocycles. The van der Waals surface area contributed by atoms with Gasteiger partial charge >= 0.3 is 5.97 Å². The first-order valence-corrected chi connectivity index (χ1v) is 8.60. The Morgan fingerprint density at radius 1 is 1.16 bits per heavy atom. The SMILES string of the molecule is COC(=O)[C@H]1N[C@@H](c2ccccc2)[C@H]([N+](=O)[O-])[C@H]1c1ccccc1Br. The van der Waals surface area contributed by atoms with Crippen LogP contribution in [0.1, 0.15) is 23.1 Å². The summed E-state index contributed by atoms with van der Waals surface area (Å²) < 4.78 is 5.63. The largest absolute Gasteiger partial charge is 0.468 e. The van der Waals surface area contributed by atoms with Gasteiger partial charge in [-0.3, -0.25) is 20.2 Å². The molecule has 2 aromatic carbocycles. The van der Waals surface area contributed by atoms with Gasteiger partial charge in [0.1, 0.15) is 12.1 Å². The van der Waals surface area contributed by atoms with Gasteiger partial charge in [0.2, 0.25) is 6.04 Å². The molecular formula is C18H17BrN2O4. The van der Waals surface area contributed by atoms with Crippen molar-refractivity contribution >= 4 is 21.9 Å². The Kier molecular flexibility index (Phi) is 5.15. The van der Waals surface area contributed by atoms with Crippen LogP contribution in [0.2, 0.25) is 0 Å². The van der Waals surface area contributed by atoms with Crippen molar-refractivity contribution in [3.8, 4) is 0 Å². The lowest BCUT2D eigenvalue weighted by atomic mass is 9.85. The summed E-state index contributed by atoms with van der Waals surface area (Å²) in [6.45, 7) is 0. The highest BCUT2D eigenvalue weighted by Gasteiger charge is 2.55. The Morgan fingerprint density at radius 2 is 1.80 bits per heavy atom. The van der Waals surface area contributed by atoms with Crippen molar-refractivity contribution in [1.29, 1.82) is 0 Å². The van der Waals surface area contributed by atoms with Crippen LogP contribution in [0.5, 0.6) is 0 Å². The monoisotopic (exact) mass is 404 g/mol. The number of carbonyl (C=O) groups excluding carboxylic acids is 1. The molecule has 6 nitrogen and oxygen atoms in total. The summed E-state index contributed by atoms with van der Waals surface area (Å²) in [5.74, 6) is -1.16. The van der Waals surface area contributed by atoms with E-state index in [-0.39, 0.29) is 4.92 Å². The molecule has 1 saturated heterocycles. The van der Waals surface area contributed by atoms with E-state index in [2.05, 4.69) is 21.2 Å². The van der Waals surface area contributed by atoms with Gasteiger partial charge in [-0.05, 0) is 17.2 Å². The maximum atomic E-state index is 12.3. The molecule has 1 N–H and O–H groups in total. The fourth-order valence-corrected chi connectivity index (χ4v) is 4.01. The van der Waals surface area contributed by atoms with Gasteiger partial charge in [-0.25, -0.2) is 0 Å². The standard InChI is InChI=1S/C18H17BrN2O4/c1-25-18(22)16-14(12-9-5-6-10-13(12)19)17(21(23)24)15(20-16)11-7-3-2-4-8-11/h2-10,14-17,20H,1H3/t14-,15-,16-,17+/m0/s1. The van der Waals surface area contributed by atoms with Gasteiger partial charge in [0, 0.05) is 9.40 Å². The van der Waals surface area contributed by atoms with Crippen molar-refractivity contribution in [3.05, 3.63) is 80.3 Å². The predicted octanol–water partition coefficient (Wildman–Crippen LogP) is 3.06. The maximum Gasteiger partial charge on any atom is 0.323 e. The average Bonchev–Trinajstić information content (AvgIpc) is 3.03. The molecule has 130 valence electrons. The number of rotatable bonds is 4. The van der Waals surface area contributed by atoms with Crippen LogP contribution in [0.4, 0.5) is 0 Å². The molecule has 0 bridgehead atoms. The number of nitro groups is 1. The van der Waals surface area contributed by atoms with E-state index in [4.69, 9.17) is 4.74 Å². The summed E-state index contributed by atoms with van der Waals surface area (Å²) in [6, 6.07) is 14.0. The smallest absolute Gasteiger partial charge is 0.323 e. The first kappa shape index (κ1) is 17.6. The molecular weight excluding hydrogens is 388 g/mol. The summed E-state index contributed by atoms with van der Waals surface area (Å²) in [4.78, 5) is 24.0. The van der Waals surface area contributed by atoms with Crippen molar-refractivity contribution < 1.29 is 14.5 Å². The summed E-state index contributed by atoms with van der Waals surface area (Å²) >= 11 is 3.46. The summed E-state index contributed by atoms with van der Waals surface area (Å²) in [5.41, 5.74) is 1.48. The quantitative estimate of drug-likeness (QED) is 0.481. The van der Waals surface area contributed by atoms with Crippen molar-refractivity contribution in [1.82, 2.24) is 5.32 Å². The second-order valence-electron chi connectivity index (χ2n) is 5.88. The first-order valence-electron chi connectivity index (χ1n) is 7.81. The van der Waals surface area contributed by atoms with Gasteiger partial charge in [0.05, 0.1) is 13.0 Å². The van der Waals surface area contributed by atoms with Crippen molar-refractivity contribution in [2.45, 2.75) is 24.0 Å². The molecule has 0 aliphatic carbocycles. The van der Waals surface area contributed by atoms with E-state index in [0.29, 0.717) is 5.56 Å². The molecule has 0 spiro atoms. The number of carbonyl (C=O) groups is 1. The normalized spacial score (nSPS) is 25.5. The lowest BCUT2D eigenvalue weighted by molar-refractivity contribution is -0.527. The Hall–Kier alpha value is -2.25. The highest BCUT2D eigenvalue weighted by atomic mass is 79.9. The molecule has 1 aliphatic rings. The van der Waals surface area contributed by atoms with E-state index in [9.17, 15) is 14.9 Å². The van der Waals surface area contributed by atoms with Crippen LogP contribution < -0.4 is 5.32 Å². The van der Waals surface area contributed by atoms with Gasteiger partial charge in [-0.15, -0.1) is 0 Å². The number of nitrogens with one attached hydrogen (secondary N) is 1. The van der Waals surface area contributed by atoms with Crippen LogP contribution >= 0.6 is 15.9 Å². The topological polar surface area (TPSA) is 81.5 Å². The fraction of sp³-hybridized carbons (Fsp3) is 0.278. The number of hydrogen-bond donors (Lipinski definition) is 1. The van der Waals surface area contributed by atoms with E-state index in [1.54, 1.807) is 12.1 Å². The predicted molar refractivity (Wildman–Crippen MR) is 95.8 cm³/mol. The molecule has 1 heterocycles. The number of benzene rings is 2. The maximum absolute atomic E-state index is 12.3. The third-order valence-electron chi connectivity index (χ3n) is 4.55. The minimum atomic E-state index is -0.995. The molecule has 0 radical (unpaired) electrons. The Morgan fingerprint density at radius 3 is 2.40 bits per heavy atom. The zero-order chi connectivity index (χ0) is 18.0. The summed E-state index contributed by atoms with van der Waals surface area (Å²) in [7, 11) is 1.29. The van der Waals surface area contributed by atoms with E-state index in [1.807, 2.05) is 42.5 Å². The van der Waals surface area contributed by atoms with Gasteiger partial charge in [0.25, 0.3) is 0 Å². The molecule has 25 heavy (non-hydrogen) atoms. The minimum Gasteiger partial charge on any atom is -0.468 e. The van der Waals surface area contributed by atoms with E-state index in [0.717, 1.165) is 10.0 Å². The molecule has 2 aromatic rings. The Labute approximate surface area is 153 Å². The van der Waals surface area contributed by atoms with Crippen LogP contribution in [0.25, 0.3) is 0 Å². The second-order valence-corrected chi connectivity index (χ2v) is 6.73. The number of hydrogen-bond acceptors (Lipinski definition) is 5. The molecule has 1 fully saturated rings. The molecule has 0 amide bonds. The van der Waals surface area contributed by atoms with Crippen molar-refractivity contribution in [2.75, 3.05) is 7.11 Å². The summed E-state index contributed by atoms with van der Waals surface area (Å²) in [6.07, 6.45) is 0. The van der Waals surface area contributed by atoms with E-state index in [1.165, 1.54) is 7.11 Å². The Bertz CT molecular complexity index is 784. The first-order chi connectivity index (χ1) is 12.0.